The Labute approximate surface area is 202 Å². The molecule has 0 bridgehead atoms. The summed E-state index contributed by atoms with van der Waals surface area (Å²) < 4.78 is 16.8. The molecule has 0 spiro atoms. The normalized spacial score (nSPS) is 13.8. The predicted octanol–water partition coefficient (Wildman–Crippen LogP) is 4.93. The fourth-order valence-corrected chi connectivity index (χ4v) is 4.12. The monoisotopic (exact) mass is 473 g/mol. The summed E-state index contributed by atoms with van der Waals surface area (Å²) in [6.45, 7) is 6.12. The van der Waals surface area contributed by atoms with Crippen molar-refractivity contribution >= 4 is 22.6 Å². The number of nitrogens with one attached hydrogen (secondary N) is 1. The Balaban J connectivity index is 1.40. The topological polar surface area (TPSA) is 81.8 Å². The number of amides is 1. The number of rotatable bonds is 6. The molecule has 35 heavy (non-hydrogen) atoms. The van der Waals surface area contributed by atoms with E-state index in [4.69, 9.17) is 4.98 Å². The Bertz CT molecular complexity index is 1460. The Morgan fingerprint density at radius 1 is 1.11 bits per heavy atom. The number of aryl methyl sites for hydroxylation is 1. The molecule has 1 aliphatic rings. The van der Waals surface area contributed by atoms with E-state index in [1.165, 1.54) is 12.1 Å². The van der Waals surface area contributed by atoms with Crippen LogP contribution in [0.15, 0.2) is 59.4 Å². The number of benzene rings is 2. The zero-order valence-corrected chi connectivity index (χ0v) is 20.1. The summed E-state index contributed by atoms with van der Waals surface area (Å²) >= 11 is 0. The van der Waals surface area contributed by atoms with E-state index in [9.17, 15) is 14.0 Å². The maximum absolute atomic E-state index is 13.5. The van der Waals surface area contributed by atoms with E-state index in [1.54, 1.807) is 27.4 Å². The van der Waals surface area contributed by atoms with Gasteiger partial charge in [-0.25, -0.2) is 14.1 Å². The first kappa shape index (κ1) is 23.0. The van der Waals surface area contributed by atoms with Crippen molar-refractivity contribution in [2.24, 2.45) is 0 Å². The van der Waals surface area contributed by atoms with E-state index in [2.05, 4.69) is 10.4 Å². The van der Waals surface area contributed by atoms with Crippen LogP contribution in [0.3, 0.4) is 0 Å². The molecule has 7 nitrogen and oxygen atoms in total. The van der Waals surface area contributed by atoms with Crippen molar-refractivity contribution in [3.63, 3.8) is 0 Å². The van der Waals surface area contributed by atoms with Gasteiger partial charge >= 0.3 is 0 Å². The number of anilines is 1. The molecule has 0 radical (unpaired) electrons. The van der Waals surface area contributed by atoms with E-state index >= 15 is 0 Å². The Morgan fingerprint density at radius 3 is 2.51 bits per heavy atom. The summed E-state index contributed by atoms with van der Waals surface area (Å²) in [5, 5.41) is 8.22. The van der Waals surface area contributed by atoms with Crippen LogP contribution >= 0.6 is 0 Å². The lowest BCUT2D eigenvalue weighted by molar-refractivity contribution is -0.116. The maximum Gasteiger partial charge on any atom is 0.261 e. The second-order valence-corrected chi connectivity index (χ2v) is 10.1. The molecule has 8 heteroatoms. The van der Waals surface area contributed by atoms with Crippen molar-refractivity contribution in [1.82, 2.24) is 19.3 Å². The van der Waals surface area contributed by atoms with Crippen molar-refractivity contribution in [1.29, 1.82) is 0 Å². The van der Waals surface area contributed by atoms with Crippen molar-refractivity contribution in [2.75, 3.05) is 5.32 Å². The lowest BCUT2D eigenvalue weighted by Crippen LogP contribution is -2.25. The number of hydrogen-bond donors (Lipinski definition) is 1. The fourth-order valence-electron chi connectivity index (χ4n) is 4.12. The molecule has 2 aromatic carbocycles. The van der Waals surface area contributed by atoms with Crippen molar-refractivity contribution in [3.05, 3.63) is 82.3 Å². The van der Waals surface area contributed by atoms with Gasteiger partial charge in [0.25, 0.3) is 5.56 Å². The first-order valence-corrected chi connectivity index (χ1v) is 11.9. The van der Waals surface area contributed by atoms with Crippen LogP contribution in [0.5, 0.6) is 0 Å². The van der Waals surface area contributed by atoms with Crippen LogP contribution in [0.4, 0.5) is 10.2 Å². The van der Waals surface area contributed by atoms with Gasteiger partial charge in [-0.05, 0) is 49.2 Å². The van der Waals surface area contributed by atoms with Gasteiger partial charge in [-0.3, -0.25) is 14.2 Å². The molecule has 1 aliphatic carbocycles. The zero-order valence-electron chi connectivity index (χ0n) is 20.1. The minimum atomic E-state index is -0.341. The van der Waals surface area contributed by atoms with E-state index in [-0.39, 0.29) is 35.2 Å². The second-order valence-electron chi connectivity index (χ2n) is 10.1. The predicted molar refractivity (Wildman–Crippen MR) is 133 cm³/mol. The second kappa shape index (κ2) is 8.76. The minimum absolute atomic E-state index is 0.0438. The van der Waals surface area contributed by atoms with Gasteiger partial charge in [0, 0.05) is 30.4 Å². The average Bonchev–Trinajstić information content (AvgIpc) is 3.56. The molecule has 1 fully saturated rings. The molecular weight excluding hydrogens is 445 g/mol. The Hall–Kier alpha value is -3.81. The van der Waals surface area contributed by atoms with Gasteiger partial charge in [0.15, 0.2) is 0 Å². The molecular formula is C27H28FN5O2. The highest BCUT2D eigenvalue weighted by molar-refractivity contribution is 5.90. The standard InChI is InChI=1S/C27H28FN5O2/c1-27(2,3)22-16-24(33(31-22)19-10-8-17(28)9-11-19)30-25(34)15-14-23-29-21-7-5-4-6-20(21)26(35)32(23)18-12-13-18/h4-11,16,18H,12-15H2,1-3H3,(H,30,34). The quantitative estimate of drug-likeness (QED) is 0.431. The van der Waals surface area contributed by atoms with Gasteiger partial charge in [-0.1, -0.05) is 32.9 Å². The molecule has 2 aromatic heterocycles. The van der Waals surface area contributed by atoms with Crippen LogP contribution in [-0.4, -0.2) is 25.2 Å². The third kappa shape index (κ3) is 4.73. The highest BCUT2D eigenvalue weighted by atomic mass is 19.1. The third-order valence-electron chi connectivity index (χ3n) is 6.19. The number of nitrogens with zero attached hydrogens (tertiary/aromatic N) is 4. The number of carbonyl (C=O) groups excluding carboxylic acids is 1. The summed E-state index contributed by atoms with van der Waals surface area (Å²) in [4.78, 5) is 30.8. The third-order valence-corrected chi connectivity index (χ3v) is 6.19. The number of aromatic nitrogens is 4. The Morgan fingerprint density at radius 2 is 1.83 bits per heavy atom. The number of halogens is 1. The smallest absolute Gasteiger partial charge is 0.261 e. The largest absolute Gasteiger partial charge is 0.311 e. The van der Waals surface area contributed by atoms with Gasteiger partial charge < -0.3 is 5.32 Å². The summed E-state index contributed by atoms with van der Waals surface area (Å²) in [7, 11) is 0. The minimum Gasteiger partial charge on any atom is -0.311 e. The van der Waals surface area contributed by atoms with E-state index < -0.39 is 0 Å². The fraction of sp³-hybridized carbons (Fsp3) is 0.333. The molecule has 5 rings (SSSR count). The molecule has 0 atom stereocenters. The molecule has 4 aromatic rings. The van der Waals surface area contributed by atoms with Crippen LogP contribution in [0.2, 0.25) is 0 Å². The van der Waals surface area contributed by atoms with Gasteiger partial charge in [0.05, 0.1) is 22.3 Å². The molecule has 2 heterocycles. The number of para-hydroxylation sites is 1. The summed E-state index contributed by atoms with van der Waals surface area (Å²) in [6, 6.07) is 15.3. The van der Waals surface area contributed by atoms with Crippen molar-refractivity contribution in [3.8, 4) is 5.69 Å². The Kier molecular flexibility index (Phi) is 5.75. The summed E-state index contributed by atoms with van der Waals surface area (Å²) in [5.74, 6) is 0.594. The molecule has 1 N–H and O–H groups in total. The van der Waals surface area contributed by atoms with E-state index in [0.29, 0.717) is 34.7 Å². The van der Waals surface area contributed by atoms with Crippen LogP contribution in [0.25, 0.3) is 16.6 Å². The lowest BCUT2D eigenvalue weighted by Gasteiger charge is -2.14. The lowest BCUT2D eigenvalue weighted by atomic mass is 9.92. The van der Waals surface area contributed by atoms with Gasteiger partial charge in [0.2, 0.25) is 5.91 Å². The van der Waals surface area contributed by atoms with E-state index in [0.717, 1.165) is 18.5 Å². The van der Waals surface area contributed by atoms with Crippen molar-refractivity contribution in [2.45, 2.75) is 57.9 Å². The number of hydrogen-bond acceptors (Lipinski definition) is 4. The summed E-state index contributed by atoms with van der Waals surface area (Å²) in [5.41, 5.74) is 1.82. The number of carbonyl (C=O) groups is 1. The van der Waals surface area contributed by atoms with Crippen LogP contribution in [0, 0.1) is 5.82 Å². The van der Waals surface area contributed by atoms with Crippen LogP contribution < -0.4 is 10.9 Å². The molecule has 0 saturated heterocycles. The first-order valence-electron chi connectivity index (χ1n) is 11.9. The molecule has 180 valence electrons. The highest BCUT2D eigenvalue weighted by Gasteiger charge is 2.28. The highest BCUT2D eigenvalue weighted by Crippen LogP contribution is 2.35. The molecule has 0 aliphatic heterocycles. The average molecular weight is 474 g/mol. The van der Waals surface area contributed by atoms with E-state index in [1.807, 2.05) is 45.0 Å². The molecule has 0 unspecified atom stereocenters. The maximum atomic E-state index is 13.5. The first-order chi connectivity index (χ1) is 16.7. The SMILES string of the molecule is CC(C)(C)c1cc(NC(=O)CCc2nc3ccccc3c(=O)n2C2CC2)n(-c2ccc(F)cc2)n1. The van der Waals surface area contributed by atoms with Crippen LogP contribution in [-0.2, 0) is 16.6 Å². The number of fused-ring (bicyclic) bond motifs is 1. The molecule has 1 saturated carbocycles. The van der Waals surface area contributed by atoms with Gasteiger partial charge in [-0.2, -0.15) is 5.10 Å². The van der Waals surface area contributed by atoms with Gasteiger partial charge in [-0.15, -0.1) is 0 Å². The van der Waals surface area contributed by atoms with Crippen LogP contribution in [0.1, 0.15) is 57.6 Å². The molecule has 1 amide bonds. The van der Waals surface area contributed by atoms with Crippen molar-refractivity contribution < 1.29 is 9.18 Å². The summed E-state index contributed by atoms with van der Waals surface area (Å²) in [6.07, 6.45) is 2.41. The van der Waals surface area contributed by atoms with Gasteiger partial charge in [0.1, 0.15) is 17.5 Å². The zero-order chi connectivity index (χ0) is 24.7.